The van der Waals surface area contributed by atoms with Crippen LogP contribution in [0.15, 0.2) is 48.5 Å². The summed E-state index contributed by atoms with van der Waals surface area (Å²) in [5, 5.41) is 5.34. The monoisotopic (exact) mass is 366 g/mol. The topological polar surface area (TPSA) is 50.4 Å². The van der Waals surface area contributed by atoms with Gasteiger partial charge in [-0.3, -0.25) is 0 Å². The van der Waals surface area contributed by atoms with Gasteiger partial charge >= 0.3 is 12.2 Å². The van der Waals surface area contributed by atoms with Crippen LogP contribution in [0.4, 0.5) is 18.0 Å². The van der Waals surface area contributed by atoms with Gasteiger partial charge in [0.15, 0.2) is 0 Å². The van der Waals surface area contributed by atoms with Crippen molar-refractivity contribution in [3.63, 3.8) is 0 Å². The van der Waals surface area contributed by atoms with E-state index in [2.05, 4.69) is 10.6 Å². The van der Waals surface area contributed by atoms with Crippen LogP contribution in [0.3, 0.4) is 0 Å². The number of benzene rings is 2. The number of hydrogen-bond donors (Lipinski definition) is 2. The van der Waals surface area contributed by atoms with Crippen molar-refractivity contribution in [1.29, 1.82) is 0 Å². The third-order valence-corrected chi connectivity index (χ3v) is 3.82. The van der Waals surface area contributed by atoms with Crippen LogP contribution >= 0.6 is 0 Å². The summed E-state index contributed by atoms with van der Waals surface area (Å²) in [5.41, 5.74) is 1.54. The third kappa shape index (κ3) is 5.77. The maximum Gasteiger partial charge on any atom is 0.416 e. The summed E-state index contributed by atoms with van der Waals surface area (Å²) in [4.78, 5) is 12.0. The first-order valence-electron chi connectivity index (χ1n) is 8.08. The second-order valence-corrected chi connectivity index (χ2v) is 5.92. The number of ether oxygens (including phenoxy) is 1. The van der Waals surface area contributed by atoms with Crippen molar-refractivity contribution in [2.45, 2.75) is 32.3 Å². The highest BCUT2D eigenvalue weighted by Crippen LogP contribution is 2.30. The lowest BCUT2D eigenvalue weighted by Crippen LogP contribution is -2.36. The quantitative estimate of drug-likeness (QED) is 0.796. The molecule has 2 rings (SSSR count). The first-order chi connectivity index (χ1) is 12.3. The largest absolute Gasteiger partial charge is 0.416 e. The maximum atomic E-state index is 12.8. The van der Waals surface area contributed by atoms with Crippen LogP contribution in [0.25, 0.3) is 0 Å². The van der Waals surface area contributed by atoms with E-state index in [1.165, 1.54) is 6.07 Å². The van der Waals surface area contributed by atoms with Crippen molar-refractivity contribution < 1.29 is 22.7 Å². The zero-order chi connectivity index (χ0) is 19.2. The van der Waals surface area contributed by atoms with Crippen LogP contribution in [-0.4, -0.2) is 13.1 Å². The van der Waals surface area contributed by atoms with Gasteiger partial charge in [-0.1, -0.05) is 36.4 Å². The van der Waals surface area contributed by atoms with Crippen LogP contribution in [0.5, 0.6) is 0 Å². The first kappa shape index (κ1) is 19.8. The van der Waals surface area contributed by atoms with E-state index < -0.39 is 23.8 Å². The Morgan fingerprint density at radius 2 is 1.81 bits per heavy atom. The minimum Gasteiger partial charge on any atom is -0.380 e. The fourth-order valence-corrected chi connectivity index (χ4v) is 2.49. The van der Waals surface area contributed by atoms with Crippen molar-refractivity contribution in [1.82, 2.24) is 10.6 Å². The normalized spacial score (nSPS) is 12.5. The van der Waals surface area contributed by atoms with Crippen LogP contribution in [0.1, 0.15) is 35.2 Å². The lowest BCUT2D eigenvalue weighted by molar-refractivity contribution is -0.137. The minimum atomic E-state index is -4.41. The molecule has 0 bridgehead atoms. The predicted octanol–water partition coefficient (Wildman–Crippen LogP) is 4.41. The maximum absolute atomic E-state index is 12.8. The molecule has 0 heterocycles. The molecule has 2 aromatic carbocycles. The minimum absolute atomic E-state index is 0.304. The van der Waals surface area contributed by atoms with Crippen molar-refractivity contribution >= 4 is 6.03 Å². The lowest BCUT2D eigenvalue weighted by atomic mass is 10.1. The van der Waals surface area contributed by atoms with Crippen molar-refractivity contribution in [2.24, 2.45) is 0 Å². The molecule has 1 unspecified atom stereocenters. The second-order valence-electron chi connectivity index (χ2n) is 5.92. The van der Waals surface area contributed by atoms with Crippen LogP contribution in [0.2, 0.25) is 0 Å². The molecule has 1 atom stereocenters. The molecule has 0 spiro atoms. The van der Waals surface area contributed by atoms with Crippen molar-refractivity contribution in [3.05, 3.63) is 70.8 Å². The summed E-state index contributed by atoms with van der Waals surface area (Å²) in [6.07, 6.45) is -4.41. The average molecular weight is 366 g/mol. The van der Waals surface area contributed by atoms with E-state index >= 15 is 0 Å². The highest BCUT2D eigenvalue weighted by atomic mass is 19.4. The van der Waals surface area contributed by atoms with Gasteiger partial charge in [-0.2, -0.15) is 13.2 Å². The summed E-state index contributed by atoms with van der Waals surface area (Å²) >= 11 is 0. The Labute approximate surface area is 150 Å². The molecule has 2 aromatic rings. The number of urea groups is 1. The van der Waals surface area contributed by atoms with E-state index in [0.29, 0.717) is 18.7 Å². The van der Waals surface area contributed by atoms with Gasteiger partial charge in [0.2, 0.25) is 0 Å². The lowest BCUT2D eigenvalue weighted by Gasteiger charge is -2.17. The number of hydrogen-bond acceptors (Lipinski definition) is 2. The molecule has 2 N–H and O–H groups in total. The molecule has 26 heavy (non-hydrogen) atoms. The molecule has 4 nitrogen and oxygen atoms in total. The SMILES string of the molecule is COCc1cccc(CNC(=O)NC(C)c2cccc(C(F)(F)F)c2)c1. The Balaban J connectivity index is 1.92. The molecule has 0 aromatic heterocycles. The molecule has 0 saturated carbocycles. The Morgan fingerprint density at radius 3 is 2.50 bits per heavy atom. The molecule has 0 aliphatic carbocycles. The zero-order valence-corrected chi connectivity index (χ0v) is 14.6. The first-order valence-corrected chi connectivity index (χ1v) is 8.08. The molecule has 0 aliphatic heterocycles. The smallest absolute Gasteiger partial charge is 0.380 e. The van der Waals surface area contributed by atoms with E-state index in [0.717, 1.165) is 23.3 Å². The van der Waals surface area contributed by atoms with E-state index in [1.54, 1.807) is 20.1 Å². The summed E-state index contributed by atoms with van der Waals surface area (Å²) in [7, 11) is 1.60. The van der Waals surface area contributed by atoms with Gasteiger partial charge < -0.3 is 15.4 Å². The summed E-state index contributed by atoms with van der Waals surface area (Å²) in [6, 6.07) is 11.5. The Kier molecular flexibility index (Phi) is 6.63. The van der Waals surface area contributed by atoms with E-state index in [9.17, 15) is 18.0 Å². The number of alkyl halides is 3. The van der Waals surface area contributed by atoms with E-state index in [-0.39, 0.29) is 0 Å². The molecule has 2 amide bonds. The molecular formula is C19H21F3N2O2. The summed E-state index contributed by atoms with van der Waals surface area (Å²) in [6.45, 7) is 2.42. The number of nitrogens with one attached hydrogen (secondary N) is 2. The molecule has 0 aliphatic rings. The Hall–Kier alpha value is -2.54. The standard InChI is InChI=1S/C19H21F3N2O2/c1-13(16-7-4-8-17(10-16)19(20,21)22)24-18(25)23-11-14-5-3-6-15(9-14)12-26-2/h3-10,13H,11-12H2,1-2H3,(H2,23,24,25). The molecule has 0 fully saturated rings. The second kappa shape index (κ2) is 8.71. The fourth-order valence-electron chi connectivity index (χ4n) is 2.49. The Morgan fingerprint density at radius 1 is 1.12 bits per heavy atom. The number of amides is 2. The Bertz CT molecular complexity index is 748. The molecule has 0 saturated heterocycles. The van der Waals surface area contributed by atoms with Gasteiger partial charge in [-0.15, -0.1) is 0 Å². The van der Waals surface area contributed by atoms with Gasteiger partial charge in [0.05, 0.1) is 18.2 Å². The number of carbonyl (C=O) groups excluding carboxylic acids is 1. The van der Waals surface area contributed by atoms with Gasteiger partial charge in [-0.25, -0.2) is 4.79 Å². The van der Waals surface area contributed by atoms with Crippen LogP contribution in [0, 0.1) is 0 Å². The number of carbonyl (C=O) groups is 1. The molecule has 140 valence electrons. The fraction of sp³-hybridized carbons (Fsp3) is 0.316. The zero-order valence-electron chi connectivity index (χ0n) is 14.6. The van der Waals surface area contributed by atoms with Gasteiger partial charge in [0.1, 0.15) is 0 Å². The van der Waals surface area contributed by atoms with Crippen molar-refractivity contribution in [3.8, 4) is 0 Å². The van der Waals surface area contributed by atoms with Crippen molar-refractivity contribution in [2.75, 3.05) is 7.11 Å². The van der Waals surface area contributed by atoms with Gasteiger partial charge in [0, 0.05) is 13.7 Å². The molecule has 7 heteroatoms. The summed E-state index contributed by atoms with van der Waals surface area (Å²) in [5.74, 6) is 0. The summed E-state index contributed by atoms with van der Waals surface area (Å²) < 4.78 is 43.4. The number of methoxy groups -OCH3 is 1. The molecular weight excluding hydrogens is 345 g/mol. The van der Waals surface area contributed by atoms with Crippen LogP contribution in [-0.2, 0) is 24.1 Å². The van der Waals surface area contributed by atoms with Gasteiger partial charge in [-0.05, 0) is 35.7 Å². The molecule has 0 radical (unpaired) electrons. The van der Waals surface area contributed by atoms with E-state index in [1.807, 2.05) is 24.3 Å². The number of halogens is 3. The van der Waals surface area contributed by atoms with Gasteiger partial charge in [0.25, 0.3) is 0 Å². The highest BCUT2D eigenvalue weighted by Gasteiger charge is 2.30. The van der Waals surface area contributed by atoms with E-state index in [4.69, 9.17) is 4.74 Å². The highest BCUT2D eigenvalue weighted by molar-refractivity contribution is 5.74. The predicted molar refractivity (Wildman–Crippen MR) is 92.4 cm³/mol. The van der Waals surface area contributed by atoms with Crippen LogP contribution < -0.4 is 10.6 Å². The number of rotatable bonds is 6. The third-order valence-electron chi connectivity index (χ3n) is 3.82. The average Bonchev–Trinajstić information content (AvgIpc) is 2.60.